The average Bonchev–Trinajstić information content (AvgIpc) is 2.16. The van der Waals surface area contributed by atoms with E-state index in [0.717, 1.165) is 24.8 Å². The maximum atomic E-state index is 12.5. The molecule has 2 nitrogen and oxygen atoms in total. The molecule has 1 fully saturated rings. The van der Waals surface area contributed by atoms with Crippen LogP contribution in [-0.4, -0.2) is 11.4 Å². The number of nitrogens with one attached hydrogen (secondary N) is 1. The Morgan fingerprint density at radius 2 is 1.78 bits per heavy atom. The van der Waals surface area contributed by atoms with Crippen molar-refractivity contribution in [3.63, 3.8) is 0 Å². The molecule has 1 saturated carbocycles. The number of carbonyl (C=O) groups excluding carboxylic acids is 1. The molecule has 1 aromatic carbocycles. The summed E-state index contributed by atoms with van der Waals surface area (Å²) in [6, 6.07) is 7.68. The van der Waals surface area contributed by atoms with Crippen molar-refractivity contribution in [2.75, 3.05) is 0 Å². The Morgan fingerprint density at radius 1 is 1.22 bits per heavy atom. The first-order chi connectivity index (χ1) is 8.33. The second kappa shape index (κ2) is 4.58. The zero-order valence-electron chi connectivity index (χ0n) is 11.2. The van der Waals surface area contributed by atoms with Gasteiger partial charge in [-0.1, -0.05) is 30.2 Å². The Hall–Kier alpha value is -1.02. The third-order valence-corrected chi connectivity index (χ3v) is 3.78. The molecule has 0 saturated heterocycles. The van der Waals surface area contributed by atoms with Gasteiger partial charge in [0, 0.05) is 10.6 Å². The maximum absolute atomic E-state index is 12.5. The predicted octanol–water partition coefficient (Wildman–Crippen LogP) is 3.68. The minimum Gasteiger partial charge on any atom is -0.351 e. The summed E-state index contributed by atoms with van der Waals surface area (Å²) in [4.78, 5) is 12.5. The number of amides is 1. The van der Waals surface area contributed by atoms with E-state index in [1.165, 1.54) is 0 Å². The lowest BCUT2D eigenvalue weighted by Gasteiger charge is -2.42. The van der Waals surface area contributed by atoms with Gasteiger partial charge in [0.25, 0.3) is 0 Å². The van der Waals surface area contributed by atoms with Gasteiger partial charge < -0.3 is 5.32 Å². The molecule has 1 N–H and O–H groups in total. The van der Waals surface area contributed by atoms with Crippen molar-refractivity contribution in [1.29, 1.82) is 0 Å². The first kappa shape index (κ1) is 13.4. The van der Waals surface area contributed by atoms with Crippen molar-refractivity contribution in [3.05, 3.63) is 34.9 Å². The molecular weight excluding hydrogens is 246 g/mol. The lowest BCUT2D eigenvalue weighted by molar-refractivity contribution is -0.131. The maximum Gasteiger partial charge on any atom is 0.231 e. The fourth-order valence-corrected chi connectivity index (χ4v) is 2.53. The number of hydrogen-bond acceptors (Lipinski definition) is 1. The molecular formula is C15H20ClNO. The van der Waals surface area contributed by atoms with E-state index in [9.17, 15) is 4.79 Å². The Bertz CT molecular complexity index is 441. The van der Waals surface area contributed by atoms with E-state index >= 15 is 0 Å². The van der Waals surface area contributed by atoms with E-state index in [1.54, 1.807) is 0 Å². The second-order valence-electron chi connectivity index (χ2n) is 6.15. The van der Waals surface area contributed by atoms with Gasteiger partial charge in [-0.2, -0.15) is 0 Å². The van der Waals surface area contributed by atoms with Crippen molar-refractivity contribution < 1.29 is 4.79 Å². The summed E-state index contributed by atoms with van der Waals surface area (Å²) in [6.45, 7) is 6.04. The summed E-state index contributed by atoms with van der Waals surface area (Å²) in [5.41, 5.74) is 0.559. The Morgan fingerprint density at radius 3 is 2.17 bits per heavy atom. The third-order valence-electron chi connectivity index (χ3n) is 3.53. The largest absolute Gasteiger partial charge is 0.351 e. The number of halogens is 1. The lowest BCUT2D eigenvalue weighted by atomic mass is 9.63. The van der Waals surface area contributed by atoms with E-state index in [2.05, 4.69) is 5.32 Å². The lowest BCUT2D eigenvalue weighted by Crippen LogP contribution is -2.54. The van der Waals surface area contributed by atoms with Crippen LogP contribution in [0.25, 0.3) is 0 Å². The van der Waals surface area contributed by atoms with Crippen LogP contribution >= 0.6 is 11.6 Å². The van der Waals surface area contributed by atoms with E-state index in [4.69, 9.17) is 11.6 Å². The van der Waals surface area contributed by atoms with Crippen LogP contribution < -0.4 is 5.32 Å². The third kappa shape index (κ3) is 2.54. The van der Waals surface area contributed by atoms with Gasteiger partial charge in [0.1, 0.15) is 0 Å². The average molecular weight is 266 g/mol. The molecule has 0 bridgehead atoms. The van der Waals surface area contributed by atoms with Crippen LogP contribution in [0.4, 0.5) is 0 Å². The molecule has 1 aliphatic carbocycles. The van der Waals surface area contributed by atoms with Crippen LogP contribution in [0.2, 0.25) is 5.02 Å². The van der Waals surface area contributed by atoms with Crippen LogP contribution in [0.5, 0.6) is 0 Å². The number of rotatable bonds is 2. The highest BCUT2D eigenvalue weighted by Crippen LogP contribution is 2.44. The van der Waals surface area contributed by atoms with Crippen LogP contribution in [-0.2, 0) is 10.2 Å². The van der Waals surface area contributed by atoms with Crippen molar-refractivity contribution in [2.24, 2.45) is 0 Å². The second-order valence-corrected chi connectivity index (χ2v) is 6.58. The fraction of sp³-hybridized carbons (Fsp3) is 0.533. The molecule has 1 amide bonds. The highest BCUT2D eigenvalue weighted by atomic mass is 35.5. The van der Waals surface area contributed by atoms with Gasteiger partial charge in [0.2, 0.25) is 5.91 Å². The number of benzene rings is 1. The fourth-order valence-electron chi connectivity index (χ4n) is 2.41. The molecule has 0 aliphatic heterocycles. The van der Waals surface area contributed by atoms with E-state index in [1.807, 2.05) is 45.0 Å². The van der Waals surface area contributed by atoms with Crippen LogP contribution in [0.3, 0.4) is 0 Å². The molecule has 0 unspecified atom stereocenters. The highest BCUT2D eigenvalue weighted by molar-refractivity contribution is 6.30. The van der Waals surface area contributed by atoms with E-state index < -0.39 is 0 Å². The molecule has 1 aliphatic rings. The normalized spacial score (nSPS) is 18.0. The minimum absolute atomic E-state index is 0.142. The molecule has 0 spiro atoms. The monoisotopic (exact) mass is 265 g/mol. The minimum atomic E-state index is -0.335. The first-order valence-electron chi connectivity index (χ1n) is 6.42. The van der Waals surface area contributed by atoms with Gasteiger partial charge in [-0.25, -0.2) is 0 Å². The van der Waals surface area contributed by atoms with Gasteiger partial charge in [-0.15, -0.1) is 0 Å². The van der Waals surface area contributed by atoms with Crippen molar-refractivity contribution in [1.82, 2.24) is 5.32 Å². The zero-order valence-corrected chi connectivity index (χ0v) is 12.0. The molecule has 0 radical (unpaired) electrons. The predicted molar refractivity (Wildman–Crippen MR) is 74.9 cm³/mol. The van der Waals surface area contributed by atoms with Crippen LogP contribution in [0.15, 0.2) is 24.3 Å². The van der Waals surface area contributed by atoms with Crippen LogP contribution in [0.1, 0.15) is 45.6 Å². The highest BCUT2D eigenvalue weighted by Gasteiger charge is 2.46. The topological polar surface area (TPSA) is 29.1 Å². The van der Waals surface area contributed by atoms with Crippen LogP contribution in [0, 0.1) is 0 Å². The molecule has 2 rings (SSSR count). The molecule has 3 heteroatoms. The standard InChI is InChI=1S/C15H20ClNO/c1-14(2,3)17-13(18)15(9-4-10-15)11-5-7-12(16)8-6-11/h5-8H,4,9-10H2,1-3H3,(H,17,18). The Labute approximate surface area is 114 Å². The molecule has 0 aromatic heterocycles. The summed E-state index contributed by atoms with van der Waals surface area (Å²) in [6.07, 6.45) is 2.97. The number of hydrogen-bond donors (Lipinski definition) is 1. The molecule has 18 heavy (non-hydrogen) atoms. The first-order valence-corrected chi connectivity index (χ1v) is 6.80. The number of carbonyl (C=O) groups is 1. The summed E-state index contributed by atoms with van der Waals surface area (Å²) >= 11 is 5.91. The Kier molecular flexibility index (Phi) is 3.41. The van der Waals surface area contributed by atoms with Crippen molar-refractivity contribution >= 4 is 17.5 Å². The van der Waals surface area contributed by atoms with E-state index in [0.29, 0.717) is 5.02 Å². The molecule has 1 aromatic rings. The van der Waals surface area contributed by atoms with Gasteiger partial charge in [-0.05, 0) is 51.3 Å². The van der Waals surface area contributed by atoms with Gasteiger partial charge >= 0.3 is 0 Å². The summed E-state index contributed by atoms with van der Waals surface area (Å²) < 4.78 is 0. The smallest absolute Gasteiger partial charge is 0.231 e. The molecule has 98 valence electrons. The summed E-state index contributed by atoms with van der Waals surface area (Å²) in [5.74, 6) is 0.142. The Balaban J connectivity index is 2.26. The quantitative estimate of drug-likeness (QED) is 0.868. The van der Waals surface area contributed by atoms with Crippen molar-refractivity contribution in [2.45, 2.75) is 51.0 Å². The summed E-state index contributed by atoms with van der Waals surface area (Å²) in [5, 5.41) is 3.82. The summed E-state index contributed by atoms with van der Waals surface area (Å²) in [7, 11) is 0. The SMILES string of the molecule is CC(C)(C)NC(=O)C1(c2ccc(Cl)cc2)CCC1. The molecule has 0 heterocycles. The zero-order chi connectivity index (χ0) is 13.4. The van der Waals surface area contributed by atoms with Gasteiger partial charge in [-0.3, -0.25) is 4.79 Å². The van der Waals surface area contributed by atoms with Gasteiger partial charge in [0.15, 0.2) is 0 Å². The van der Waals surface area contributed by atoms with Gasteiger partial charge in [0.05, 0.1) is 5.41 Å². The molecule has 0 atom stereocenters. The van der Waals surface area contributed by atoms with E-state index in [-0.39, 0.29) is 16.9 Å². The van der Waals surface area contributed by atoms with Crippen molar-refractivity contribution in [3.8, 4) is 0 Å².